The lowest BCUT2D eigenvalue weighted by molar-refractivity contribution is 1.64. The van der Waals surface area contributed by atoms with Crippen molar-refractivity contribution in [3.05, 3.63) is 140 Å². The molecule has 1 heteroatoms. The average molecular weight is 529 g/mol. The normalized spacial score (nSPS) is 11.9. The minimum Gasteiger partial charge on any atom is -0.0656 e. The summed E-state index contributed by atoms with van der Waals surface area (Å²) in [5.41, 5.74) is 7.72. The third-order valence-electron chi connectivity index (χ3n) is 8.20. The molecule has 0 aliphatic rings. The molecule has 0 saturated carbocycles. The largest absolute Gasteiger partial charge is 0.0776 e. The summed E-state index contributed by atoms with van der Waals surface area (Å²) in [6.07, 6.45) is 0. The number of rotatable bonds is 4. The Morgan fingerprint density at radius 3 is 1.55 bits per heavy atom. The second-order valence-electron chi connectivity index (χ2n) is 11.8. The van der Waals surface area contributed by atoms with E-state index in [0.29, 0.717) is 0 Å². The lowest BCUT2D eigenvalue weighted by Crippen LogP contribution is -2.37. The Labute approximate surface area is 237 Å². The molecule has 40 heavy (non-hydrogen) atoms. The van der Waals surface area contributed by atoms with E-state index in [0.717, 1.165) is 0 Å². The Balaban J connectivity index is 1.53. The zero-order chi connectivity index (χ0) is 27.3. The summed E-state index contributed by atoms with van der Waals surface area (Å²) in [6, 6.07) is 51.6. The summed E-state index contributed by atoms with van der Waals surface area (Å²) < 4.78 is 0. The highest BCUT2D eigenvalue weighted by atomic mass is 28.3. The van der Waals surface area contributed by atoms with Gasteiger partial charge in [0.2, 0.25) is 0 Å². The van der Waals surface area contributed by atoms with Crippen molar-refractivity contribution in [1.82, 2.24) is 0 Å². The van der Waals surface area contributed by atoms with Crippen molar-refractivity contribution in [1.29, 1.82) is 0 Å². The third-order valence-corrected chi connectivity index (χ3v) is 10.2. The third kappa shape index (κ3) is 4.15. The molecule has 0 saturated heterocycles. The highest BCUT2D eigenvalue weighted by Crippen LogP contribution is 2.44. The Kier molecular flexibility index (Phi) is 5.91. The number of hydrogen-bond donors (Lipinski definition) is 0. The zero-order valence-corrected chi connectivity index (χ0v) is 24.3. The van der Waals surface area contributed by atoms with E-state index in [2.05, 4.69) is 159 Å². The fraction of sp³-hybridized carbons (Fsp3) is 0.0769. The van der Waals surface area contributed by atoms with Crippen LogP contribution in [0.4, 0.5) is 0 Å². The molecule has 0 bridgehead atoms. The quantitative estimate of drug-likeness (QED) is 0.157. The van der Waals surface area contributed by atoms with Gasteiger partial charge in [0.05, 0.1) is 8.07 Å². The molecule has 0 unspecified atom stereocenters. The van der Waals surface area contributed by atoms with Crippen LogP contribution < -0.4 is 5.19 Å². The molecule has 0 aliphatic heterocycles. The minimum atomic E-state index is -1.42. The van der Waals surface area contributed by atoms with E-state index in [1.165, 1.54) is 70.9 Å². The molecule has 7 rings (SSSR count). The maximum Gasteiger partial charge on any atom is 0.0776 e. The Bertz CT molecular complexity index is 1970. The first-order chi connectivity index (χ1) is 19.5. The van der Waals surface area contributed by atoms with Crippen LogP contribution in [0.5, 0.6) is 0 Å². The molecule has 0 N–H and O–H groups in total. The zero-order valence-electron chi connectivity index (χ0n) is 23.3. The van der Waals surface area contributed by atoms with Gasteiger partial charge in [-0.1, -0.05) is 158 Å². The van der Waals surface area contributed by atoms with Gasteiger partial charge in [0.1, 0.15) is 0 Å². The molecule has 0 amide bonds. The highest BCUT2D eigenvalue weighted by molar-refractivity contribution is 6.88. The van der Waals surface area contributed by atoms with Gasteiger partial charge in [0.15, 0.2) is 0 Å². The Morgan fingerprint density at radius 2 is 0.925 bits per heavy atom. The standard InChI is InChI=1S/C39H32Si/c1-40(2,3)31-17-11-16-29(25-31)32-22-12-15-27-23-24-30(26-37(27)32)39-35-20-9-7-18-33(35)38(28-13-5-4-6-14-28)34-19-8-10-21-36(34)39/h4-26H,1-3H3. The average Bonchev–Trinajstić information content (AvgIpc) is 2.99. The first-order valence-corrected chi connectivity index (χ1v) is 17.6. The van der Waals surface area contributed by atoms with E-state index in [1.807, 2.05) is 0 Å². The van der Waals surface area contributed by atoms with Gasteiger partial charge in [0, 0.05) is 0 Å². The maximum absolute atomic E-state index is 2.42. The second-order valence-corrected chi connectivity index (χ2v) is 16.9. The van der Waals surface area contributed by atoms with Crippen LogP contribution in [0.15, 0.2) is 140 Å². The van der Waals surface area contributed by atoms with Gasteiger partial charge in [-0.25, -0.2) is 0 Å². The molecule has 192 valence electrons. The molecule has 0 radical (unpaired) electrons. The topological polar surface area (TPSA) is 0 Å². The Morgan fingerprint density at radius 1 is 0.375 bits per heavy atom. The van der Waals surface area contributed by atoms with Crippen molar-refractivity contribution in [2.75, 3.05) is 0 Å². The van der Waals surface area contributed by atoms with Gasteiger partial charge in [0.25, 0.3) is 0 Å². The van der Waals surface area contributed by atoms with Gasteiger partial charge < -0.3 is 0 Å². The van der Waals surface area contributed by atoms with Crippen molar-refractivity contribution in [3.63, 3.8) is 0 Å². The van der Waals surface area contributed by atoms with Crippen LogP contribution in [-0.4, -0.2) is 8.07 Å². The molecule has 0 spiro atoms. The summed E-state index contributed by atoms with van der Waals surface area (Å²) in [6.45, 7) is 7.26. The van der Waals surface area contributed by atoms with Crippen LogP contribution in [0.25, 0.3) is 65.7 Å². The number of benzene rings is 7. The smallest absolute Gasteiger partial charge is 0.0656 e. The van der Waals surface area contributed by atoms with Crippen LogP contribution in [0.3, 0.4) is 0 Å². The van der Waals surface area contributed by atoms with E-state index in [4.69, 9.17) is 0 Å². The van der Waals surface area contributed by atoms with Crippen molar-refractivity contribution >= 4 is 45.6 Å². The highest BCUT2D eigenvalue weighted by Gasteiger charge is 2.19. The molecular formula is C39H32Si. The van der Waals surface area contributed by atoms with Crippen molar-refractivity contribution in [2.24, 2.45) is 0 Å². The minimum absolute atomic E-state index is 1.25. The SMILES string of the molecule is C[Si](C)(C)c1cccc(-c2cccc3ccc(-c4c5ccccc5c(-c5ccccc5)c5ccccc45)cc23)c1. The van der Waals surface area contributed by atoms with E-state index >= 15 is 0 Å². The summed E-state index contributed by atoms with van der Waals surface area (Å²) in [5.74, 6) is 0. The fourth-order valence-electron chi connectivity index (χ4n) is 6.19. The monoisotopic (exact) mass is 528 g/mol. The fourth-order valence-corrected chi connectivity index (χ4v) is 7.37. The number of hydrogen-bond acceptors (Lipinski definition) is 0. The van der Waals surface area contributed by atoms with Crippen LogP contribution in [0.2, 0.25) is 19.6 Å². The van der Waals surface area contributed by atoms with Crippen molar-refractivity contribution in [3.8, 4) is 33.4 Å². The maximum atomic E-state index is 2.42. The van der Waals surface area contributed by atoms with Gasteiger partial charge in [-0.05, 0) is 71.8 Å². The molecule has 0 atom stereocenters. The van der Waals surface area contributed by atoms with Crippen LogP contribution in [-0.2, 0) is 0 Å². The molecule has 7 aromatic carbocycles. The molecule has 0 aliphatic carbocycles. The lowest BCUT2D eigenvalue weighted by Gasteiger charge is -2.19. The van der Waals surface area contributed by atoms with Gasteiger partial charge in [-0.15, -0.1) is 0 Å². The van der Waals surface area contributed by atoms with Crippen molar-refractivity contribution < 1.29 is 0 Å². The molecule has 0 aromatic heterocycles. The predicted molar refractivity (Wildman–Crippen MR) is 178 cm³/mol. The van der Waals surface area contributed by atoms with E-state index < -0.39 is 8.07 Å². The first-order valence-electron chi connectivity index (χ1n) is 14.1. The molecule has 7 aromatic rings. The summed E-state index contributed by atoms with van der Waals surface area (Å²) in [5, 5.41) is 9.22. The molecule has 0 fully saturated rings. The van der Waals surface area contributed by atoms with Crippen LogP contribution >= 0.6 is 0 Å². The molecule has 0 nitrogen and oxygen atoms in total. The van der Waals surface area contributed by atoms with Crippen LogP contribution in [0, 0.1) is 0 Å². The lowest BCUT2D eigenvalue weighted by atomic mass is 9.85. The summed E-state index contributed by atoms with van der Waals surface area (Å²) >= 11 is 0. The van der Waals surface area contributed by atoms with Gasteiger partial charge in [-0.2, -0.15) is 0 Å². The van der Waals surface area contributed by atoms with Crippen molar-refractivity contribution in [2.45, 2.75) is 19.6 Å². The van der Waals surface area contributed by atoms with E-state index in [-0.39, 0.29) is 0 Å². The molecule has 0 heterocycles. The van der Waals surface area contributed by atoms with Gasteiger partial charge in [-0.3, -0.25) is 0 Å². The predicted octanol–water partition coefficient (Wildman–Crippen LogP) is 10.7. The summed E-state index contributed by atoms with van der Waals surface area (Å²) in [4.78, 5) is 0. The number of fused-ring (bicyclic) bond motifs is 3. The van der Waals surface area contributed by atoms with Gasteiger partial charge >= 0.3 is 0 Å². The van der Waals surface area contributed by atoms with E-state index in [1.54, 1.807) is 0 Å². The molecular weight excluding hydrogens is 497 g/mol. The second kappa shape index (κ2) is 9.62. The van der Waals surface area contributed by atoms with E-state index in [9.17, 15) is 0 Å². The Hall–Kier alpha value is -4.46. The first kappa shape index (κ1) is 24.6. The summed E-state index contributed by atoms with van der Waals surface area (Å²) in [7, 11) is -1.42. The van der Waals surface area contributed by atoms with Crippen LogP contribution in [0.1, 0.15) is 0 Å².